The highest BCUT2D eigenvalue weighted by molar-refractivity contribution is 5.92. The largest absolute Gasteiger partial charge is 0.356 e. The van der Waals surface area contributed by atoms with Gasteiger partial charge in [0, 0.05) is 37.7 Å². The molecule has 0 bridgehead atoms. The predicted octanol–water partition coefficient (Wildman–Crippen LogP) is 2.22. The van der Waals surface area contributed by atoms with Crippen molar-refractivity contribution in [1.29, 1.82) is 0 Å². The summed E-state index contributed by atoms with van der Waals surface area (Å²) in [5.41, 5.74) is 1.07. The fourth-order valence-electron chi connectivity index (χ4n) is 3.27. The molecule has 4 rings (SSSR count). The zero-order valence-electron chi connectivity index (χ0n) is 15.1. The van der Waals surface area contributed by atoms with E-state index in [9.17, 15) is 4.79 Å². The fourth-order valence-corrected chi connectivity index (χ4v) is 3.27. The number of rotatable bonds is 4. The van der Waals surface area contributed by atoms with E-state index in [2.05, 4.69) is 30.3 Å². The number of aryl methyl sites for hydroxylation is 1. The molecule has 27 heavy (non-hydrogen) atoms. The molecule has 0 radical (unpaired) electrons. The van der Waals surface area contributed by atoms with Crippen molar-refractivity contribution in [2.24, 2.45) is 5.92 Å². The van der Waals surface area contributed by atoms with Crippen molar-refractivity contribution in [3.8, 4) is 5.82 Å². The fraction of sp³-hybridized carbons (Fsp3) is 0.316. The summed E-state index contributed by atoms with van der Waals surface area (Å²) in [6, 6.07) is 7.53. The smallest absolute Gasteiger partial charge is 0.230 e. The average Bonchev–Trinajstić information content (AvgIpc) is 3.23. The first-order valence-corrected chi connectivity index (χ1v) is 8.99. The maximum absolute atomic E-state index is 12.7. The standard InChI is InChI=1S/C19H21N7O/c1-14-5-7-20-16(10-14)24-19(27)15-4-2-8-25(12-15)17-11-18(22-13-21-17)26-9-3-6-23-26/h3,5-7,9-11,13,15H,2,4,8,12H2,1H3,(H,20,24,27)/t15-/m1/s1. The molecular formula is C19H21N7O. The number of anilines is 2. The van der Waals surface area contributed by atoms with Crippen LogP contribution in [0.15, 0.2) is 49.2 Å². The third-order valence-corrected chi connectivity index (χ3v) is 4.66. The summed E-state index contributed by atoms with van der Waals surface area (Å²) >= 11 is 0. The summed E-state index contributed by atoms with van der Waals surface area (Å²) in [4.78, 5) is 27.7. The summed E-state index contributed by atoms with van der Waals surface area (Å²) < 4.78 is 1.70. The summed E-state index contributed by atoms with van der Waals surface area (Å²) in [7, 11) is 0. The van der Waals surface area contributed by atoms with E-state index in [-0.39, 0.29) is 11.8 Å². The Morgan fingerprint density at radius 1 is 1.19 bits per heavy atom. The van der Waals surface area contributed by atoms with Crippen LogP contribution in [0.1, 0.15) is 18.4 Å². The zero-order chi connectivity index (χ0) is 18.6. The molecular weight excluding hydrogens is 342 g/mol. The van der Waals surface area contributed by atoms with Crippen LogP contribution in [-0.4, -0.2) is 43.7 Å². The van der Waals surface area contributed by atoms with Gasteiger partial charge in [0.25, 0.3) is 0 Å². The maximum Gasteiger partial charge on any atom is 0.230 e. The Kier molecular flexibility index (Phi) is 4.78. The molecule has 3 aromatic rings. The lowest BCUT2D eigenvalue weighted by Gasteiger charge is -2.32. The SMILES string of the molecule is Cc1ccnc(NC(=O)[C@@H]2CCCN(c3cc(-n4cccn4)ncn3)C2)c1. The van der Waals surface area contributed by atoms with Crippen LogP contribution in [0.4, 0.5) is 11.6 Å². The topological polar surface area (TPSA) is 88.8 Å². The second-order valence-corrected chi connectivity index (χ2v) is 6.68. The van der Waals surface area contributed by atoms with E-state index < -0.39 is 0 Å². The number of hydrogen-bond donors (Lipinski definition) is 1. The van der Waals surface area contributed by atoms with E-state index >= 15 is 0 Å². The second kappa shape index (κ2) is 7.53. The van der Waals surface area contributed by atoms with Crippen molar-refractivity contribution in [2.75, 3.05) is 23.3 Å². The van der Waals surface area contributed by atoms with Gasteiger partial charge in [-0.05, 0) is 43.5 Å². The van der Waals surface area contributed by atoms with Gasteiger partial charge in [0.15, 0.2) is 5.82 Å². The van der Waals surface area contributed by atoms with Crippen molar-refractivity contribution in [3.63, 3.8) is 0 Å². The van der Waals surface area contributed by atoms with Gasteiger partial charge in [0.1, 0.15) is 18.0 Å². The molecule has 1 saturated heterocycles. The summed E-state index contributed by atoms with van der Waals surface area (Å²) in [6.07, 6.45) is 8.57. The van der Waals surface area contributed by atoms with Crippen molar-refractivity contribution >= 4 is 17.5 Å². The highest BCUT2D eigenvalue weighted by atomic mass is 16.2. The molecule has 0 saturated carbocycles. The van der Waals surface area contributed by atoms with Crippen LogP contribution in [0.5, 0.6) is 0 Å². The molecule has 8 heteroatoms. The van der Waals surface area contributed by atoms with Crippen LogP contribution >= 0.6 is 0 Å². The third-order valence-electron chi connectivity index (χ3n) is 4.66. The first kappa shape index (κ1) is 17.1. The van der Waals surface area contributed by atoms with E-state index in [1.165, 1.54) is 6.33 Å². The number of amides is 1. The van der Waals surface area contributed by atoms with E-state index in [4.69, 9.17) is 0 Å². The summed E-state index contributed by atoms with van der Waals surface area (Å²) in [5, 5.41) is 7.14. The number of carbonyl (C=O) groups excluding carboxylic acids is 1. The first-order chi connectivity index (χ1) is 13.2. The Balaban J connectivity index is 1.46. The summed E-state index contributed by atoms with van der Waals surface area (Å²) in [5.74, 6) is 2.01. The Morgan fingerprint density at radius 2 is 2.07 bits per heavy atom. The van der Waals surface area contributed by atoms with Crippen LogP contribution in [0, 0.1) is 12.8 Å². The molecule has 1 N–H and O–H groups in total. The van der Waals surface area contributed by atoms with Gasteiger partial charge in [-0.2, -0.15) is 5.10 Å². The minimum Gasteiger partial charge on any atom is -0.356 e. The van der Waals surface area contributed by atoms with E-state index in [1.54, 1.807) is 17.1 Å². The van der Waals surface area contributed by atoms with E-state index in [0.717, 1.165) is 30.8 Å². The van der Waals surface area contributed by atoms with Gasteiger partial charge in [-0.1, -0.05) is 0 Å². The average molecular weight is 363 g/mol. The number of piperidine rings is 1. The molecule has 1 aliphatic heterocycles. The second-order valence-electron chi connectivity index (χ2n) is 6.68. The van der Waals surface area contributed by atoms with Crippen LogP contribution in [0.3, 0.4) is 0 Å². The van der Waals surface area contributed by atoms with Gasteiger partial charge >= 0.3 is 0 Å². The van der Waals surface area contributed by atoms with Gasteiger partial charge in [0.2, 0.25) is 5.91 Å². The molecule has 4 heterocycles. The van der Waals surface area contributed by atoms with Gasteiger partial charge in [-0.25, -0.2) is 19.6 Å². The minimum absolute atomic E-state index is 0.000782. The number of hydrogen-bond acceptors (Lipinski definition) is 6. The Bertz CT molecular complexity index is 925. The molecule has 0 aliphatic carbocycles. The van der Waals surface area contributed by atoms with Crippen LogP contribution in [0.25, 0.3) is 5.82 Å². The lowest BCUT2D eigenvalue weighted by atomic mass is 9.97. The molecule has 3 aromatic heterocycles. The summed E-state index contributed by atoms with van der Waals surface area (Å²) in [6.45, 7) is 3.46. The Labute approximate surface area is 157 Å². The van der Waals surface area contributed by atoms with E-state index in [1.807, 2.05) is 37.4 Å². The third kappa shape index (κ3) is 3.94. The molecule has 0 aromatic carbocycles. The van der Waals surface area contributed by atoms with Gasteiger partial charge in [0.05, 0.1) is 5.92 Å². The minimum atomic E-state index is -0.107. The number of nitrogens with zero attached hydrogens (tertiary/aromatic N) is 6. The van der Waals surface area contributed by atoms with Crippen LogP contribution in [-0.2, 0) is 4.79 Å². The van der Waals surface area contributed by atoms with Crippen molar-refractivity contribution in [2.45, 2.75) is 19.8 Å². The monoisotopic (exact) mass is 363 g/mol. The lowest BCUT2D eigenvalue weighted by Crippen LogP contribution is -2.41. The molecule has 8 nitrogen and oxygen atoms in total. The maximum atomic E-state index is 12.7. The van der Waals surface area contributed by atoms with Crippen LogP contribution in [0.2, 0.25) is 0 Å². The Hall–Kier alpha value is -3.29. The molecule has 0 unspecified atom stereocenters. The number of aromatic nitrogens is 5. The normalized spacial score (nSPS) is 16.9. The van der Waals surface area contributed by atoms with Crippen LogP contribution < -0.4 is 10.2 Å². The zero-order valence-corrected chi connectivity index (χ0v) is 15.1. The van der Waals surface area contributed by atoms with Crippen molar-refractivity contribution < 1.29 is 4.79 Å². The first-order valence-electron chi connectivity index (χ1n) is 8.99. The number of nitrogens with one attached hydrogen (secondary N) is 1. The molecule has 1 atom stereocenters. The van der Waals surface area contributed by atoms with Crippen molar-refractivity contribution in [1.82, 2.24) is 24.7 Å². The molecule has 1 amide bonds. The predicted molar refractivity (Wildman–Crippen MR) is 102 cm³/mol. The van der Waals surface area contributed by atoms with Gasteiger partial charge in [-0.15, -0.1) is 0 Å². The number of carbonyl (C=O) groups is 1. The molecule has 0 spiro atoms. The van der Waals surface area contributed by atoms with Gasteiger partial charge in [-0.3, -0.25) is 4.79 Å². The highest BCUT2D eigenvalue weighted by Gasteiger charge is 2.27. The lowest BCUT2D eigenvalue weighted by molar-refractivity contribution is -0.120. The quantitative estimate of drug-likeness (QED) is 0.765. The van der Waals surface area contributed by atoms with Crippen molar-refractivity contribution in [3.05, 3.63) is 54.7 Å². The number of pyridine rings is 1. The Morgan fingerprint density at radius 3 is 2.89 bits per heavy atom. The van der Waals surface area contributed by atoms with Gasteiger partial charge < -0.3 is 10.2 Å². The molecule has 1 fully saturated rings. The highest BCUT2D eigenvalue weighted by Crippen LogP contribution is 2.23. The van der Waals surface area contributed by atoms with E-state index in [0.29, 0.717) is 18.2 Å². The molecule has 1 aliphatic rings. The molecule has 138 valence electrons.